The van der Waals surface area contributed by atoms with Gasteiger partial charge >= 0.3 is 0 Å². The molecule has 6 nitrogen and oxygen atoms in total. The van der Waals surface area contributed by atoms with Crippen LogP contribution in [0.25, 0.3) is 0 Å². The van der Waals surface area contributed by atoms with Crippen LogP contribution >= 0.6 is 0 Å². The van der Waals surface area contributed by atoms with Gasteiger partial charge in [0, 0.05) is 44.4 Å². The van der Waals surface area contributed by atoms with E-state index in [9.17, 15) is 4.79 Å². The summed E-state index contributed by atoms with van der Waals surface area (Å²) in [6.45, 7) is 9.13. The lowest BCUT2D eigenvalue weighted by Gasteiger charge is -2.35. The maximum Gasteiger partial charge on any atom is 0.222 e. The zero-order chi connectivity index (χ0) is 18.5. The summed E-state index contributed by atoms with van der Waals surface area (Å²) in [5.74, 6) is 2.70. The molecule has 1 aliphatic rings. The average Bonchev–Trinajstić information content (AvgIpc) is 2.63. The van der Waals surface area contributed by atoms with Crippen LogP contribution in [-0.2, 0) is 4.79 Å². The Balaban J connectivity index is 1.68. The second-order valence-corrected chi connectivity index (χ2v) is 6.77. The summed E-state index contributed by atoms with van der Waals surface area (Å²) < 4.78 is 0. The quantitative estimate of drug-likeness (QED) is 0.894. The Bertz CT molecular complexity index is 751. The summed E-state index contributed by atoms with van der Waals surface area (Å²) in [5.41, 5.74) is 2.24. The monoisotopic (exact) mass is 353 g/mol. The Kier molecular flexibility index (Phi) is 5.71. The number of nitrogens with one attached hydrogen (secondary N) is 1. The van der Waals surface area contributed by atoms with Gasteiger partial charge in [0.15, 0.2) is 0 Å². The van der Waals surface area contributed by atoms with E-state index >= 15 is 0 Å². The van der Waals surface area contributed by atoms with Gasteiger partial charge in [-0.1, -0.05) is 24.6 Å². The number of anilines is 3. The first-order valence-electron chi connectivity index (χ1n) is 9.27. The third-order valence-electron chi connectivity index (χ3n) is 4.57. The van der Waals surface area contributed by atoms with Crippen molar-refractivity contribution in [1.82, 2.24) is 14.9 Å². The summed E-state index contributed by atoms with van der Waals surface area (Å²) in [6.07, 6.45) is 1.54. The Morgan fingerprint density at radius 2 is 1.77 bits per heavy atom. The first kappa shape index (κ1) is 18.2. The van der Waals surface area contributed by atoms with Gasteiger partial charge in [0.2, 0.25) is 5.91 Å². The molecule has 1 saturated heterocycles. The summed E-state index contributed by atoms with van der Waals surface area (Å²) in [5, 5.41) is 3.35. The molecule has 1 aliphatic heterocycles. The van der Waals surface area contributed by atoms with Crippen LogP contribution in [0.2, 0.25) is 0 Å². The highest BCUT2D eigenvalue weighted by Crippen LogP contribution is 2.21. The smallest absolute Gasteiger partial charge is 0.222 e. The number of rotatable bonds is 5. The molecule has 0 radical (unpaired) electrons. The third kappa shape index (κ3) is 4.50. The van der Waals surface area contributed by atoms with E-state index in [4.69, 9.17) is 0 Å². The Hall–Kier alpha value is -2.63. The minimum atomic E-state index is 0.257. The van der Waals surface area contributed by atoms with Crippen LogP contribution < -0.4 is 10.2 Å². The zero-order valence-corrected chi connectivity index (χ0v) is 15.8. The van der Waals surface area contributed by atoms with Gasteiger partial charge < -0.3 is 15.1 Å². The highest BCUT2D eigenvalue weighted by atomic mass is 16.2. The van der Waals surface area contributed by atoms with Crippen molar-refractivity contribution in [3.63, 3.8) is 0 Å². The Morgan fingerprint density at radius 3 is 2.42 bits per heavy atom. The number of piperazine rings is 1. The molecule has 1 amide bonds. The lowest BCUT2D eigenvalue weighted by atomic mass is 10.2. The van der Waals surface area contributed by atoms with Gasteiger partial charge in [0.1, 0.15) is 17.5 Å². The minimum absolute atomic E-state index is 0.257. The molecule has 26 heavy (non-hydrogen) atoms. The average molecular weight is 353 g/mol. The van der Waals surface area contributed by atoms with Crippen LogP contribution in [-0.4, -0.2) is 47.0 Å². The molecule has 2 heterocycles. The molecule has 1 N–H and O–H groups in total. The molecule has 0 saturated carbocycles. The van der Waals surface area contributed by atoms with Crippen molar-refractivity contribution in [2.24, 2.45) is 0 Å². The molecule has 0 unspecified atom stereocenters. The summed E-state index contributed by atoms with van der Waals surface area (Å²) in [4.78, 5) is 25.3. The van der Waals surface area contributed by atoms with Crippen LogP contribution in [0.3, 0.4) is 0 Å². The van der Waals surface area contributed by atoms with E-state index in [0.29, 0.717) is 6.42 Å². The van der Waals surface area contributed by atoms with E-state index in [1.807, 2.05) is 36.9 Å². The summed E-state index contributed by atoms with van der Waals surface area (Å²) in [6, 6.07) is 10.2. The predicted molar refractivity (Wildman–Crippen MR) is 105 cm³/mol. The van der Waals surface area contributed by atoms with Crippen LogP contribution in [0.1, 0.15) is 31.2 Å². The van der Waals surface area contributed by atoms with Crippen molar-refractivity contribution in [2.75, 3.05) is 36.4 Å². The fourth-order valence-corrected chi connectivity index (χ4v) is 3.12. The van der Waals surface area contributed by atoms with Crippen LogP contribution in [0.4, 0.5) is 17.3 Å². The van der Waals surface area contributed by atoms with Gasteiger partial charge in [-0.15, -0.1) is 0 Å². The lowest BCUT2D eigenvalue weighted by Crippen LogP contribution is -2.49. The van der Waals surface area contributed by atoms with E-state index in [1.54, 1.807) is 0 Å². The minimum Gasteiger partial charge on any atom is -0.353 e. The van der Waals surface area contributed by atoms with Gasteiger partial charge in [0.25, 0.3) is 0 Å². The normalized spacial score (nSPS) is 14.4. The first-order chi connectivity index (χ1) is 12.5. The van der Waals surface area contributed by atoms with Crippen molar-refractivity contribution >= 4 is 23.2 Å². The molecule has 1 fully saturated rings. The summed E-state index contributed by atoms with van der Waals surface area (Å²) in [7, 11) is 0. The molecule has 0 spiro atoms. The van der Waals surface area contributed by atoms with E-state index in [0.717, 1.165) is 55.7 Å². The first-order valence-corrected chi connectivity index (χ1v) is 9.27. The number of carbonyl (C=O) groups is 1. The SMILES string of the molecule is CCCC(=O)N1CCN(c2cc(Nc3ccc(C)cc3)nc(C)n2)CC1. The second-order valence-electron chi connectivity index (χ2n) is 6.77. The number of aromatic nitrogens is 2. The fourth-order valence-electron chi connectivity index (χ4n) is 3.12. The highest BCUT2D eigenvalue weighted by molar-refractivity contribution is 5.76. The number of carbonyl (C=O) groups excluding carboxylic acids is 1. The molecule has 0 atom stereocenters. The molecule has 6 heteroatoms. The van der Waals surface area contributed by atoms with Crippen LogP contribution in [0, 0.1) is 13.8 Å². The Morgan fingerprint density at radius 1 is 1.08 bits per heavy atom. The van der Waals surface area contributed by atoms with Crippen LogP contribution in [0.15, 0.2) is 30.3 Å². The molecule has 138 valence electrons. The van der Waals surface area contributed by atoms with Gasteiger partial charge in [-0.3, -0.25) is 4.79 Å². The van der Waals surface area contributed by atoms with Crippen molar-refractivity contribution in [1.29, 1.82) is 0 Å². The third-order valence-corrected chi connectivity index (χ3v) is 4.57. The van der Waals surface area contributed by atoms with Crippen molar-refractivity contribution in [3.05, 3.63) is 41.7 Å². The topological polar surface area (TPSA) is 61.4 Å². The standard InChI is InChI=1S/C20H27N5O/c1-4-5-20(26)25-12-10-24(11-13-25)19-14-18(21-16(3)22-19)23-17-8-6-15(2)7-9-17/h6-9,14H,4-5,10-13H2,1-3H3,(H,21,22,23). The molecule has 0 aliphatic carbocycles. The van der Waals surface area contributed by atoms with E-state index in [-0.39, 0.29) is 5.91 Å². The molecule has 1 aromatic heterocycles. The molecular formula is C20H27N5O. The number of hydrogen-bond acceptors (Lipinski definition) is 5. The maximum atomic E-state index is 12.0. The number of benzene rings is 1. The highest BCUT2D eigenvalue weighted by Gasteiger charge is 2.21. The van der Waals surface area contributed by atoms with Crippen molar-refractivity contribution in [2.45, 2.75) is 33.6 Å². The number of aryl methyl sites for hydroxylation is 2. The van der Waals surface area contributed by atoms with E-state index in [2.05, 4.69) is 39.2 Å². The zero-order valence-electron chi connectivity index (χ0n) is 15.8. The number of amides is 1. The van der Waals surface area contributed by atoms with Gasteiger partial charge in [-0.25, -0.2) is 9.97 Å². The van der Waals surface area contributed by atoms with E-state index in [1.165, 1.54) is 5.56 Å². The Labute approximate surface area is 155 Å². The molecule has 3 rings (SSSR count). The molecular weight excluding hydrogens is 326 g/mol. The van der Waals surface area contributed by atoms with Crippen LogP contribution in [0.5, 0.6) is 0 Å². The van der Waals surface area contributed by atoms with Gasteiger partial charge in [0.05, 0.1) is 0 Å². The second kappa shape index (κ2) is 8.17. The van der Waals surface area contributed by atoms with Gasteiger partial charge in [-0.2, -0.15) is 0 Å². The molecule has 0 bridgehead atoms. The van der Waals surface area contributed by atoms with Gasteiger partial charge in [-0.05, 0) is 32.4 Å². The van der Waals surface area contributed by atoms with Crippen molar-refractivity contribution in [3.8, 4) is 0 Å². The summed E-state index contributed by atoms with van der Waals surface area (Å²) >= 11 is 0. The fraction of sp³-hybridized carbons (Fsp3) is 0.450. The largest absolute Gasteiger partial charge is 0.353 e. The maximum absolute atomic E-state index is 12.0. The van der Waals surface area contributed by atoms with Crippen molar-refractivity contribution < 1.29 is 4.79 Å². The number of nitrogens with zero attached hydrogens (tertiary/aromatic N) is 4. The van der Waals surface area contributed by atoms with E-state index < -0.39 is 0 Å². The molecule has 2 aromatic rings. The lowest BCUT2D eigenvalue weighted by molar-refractivity contribution is -0.131. The predicted octanol–water partition coefficient (Wildman–Crippen LogP) is 3.29. The number of hydrogen-bond donors (Lipinski definition) is 1. The molecule has 1 aromatic carbocycles.